The number of H-pyrrole nitrogens is 1. The van der Waals surface area contributed by atoms with Gasteiger partial charge in [-0.15, -0.1) is 5.10 Å². The molecule has 8 heteroatoms. The zero-order chi connectivity index (χ0) is 25.2. The van der Waals surface area contributed by atoms with Gasteiger partial charge in [-0.05, 0) is 97.1 Å². The molecule has 2 fully saturated rings. The average Bonchev–Trinajstić information content (AvgIpc) is 3.59. The summed E-state index contributed by atoms with van der Waals surface area (Å²) < 4.78 is 7.73. The van der Waals surface area contributed by atoms with Gasteiger partial charge in [0, 0.05) is 17.7 Å². The standard InChI is InChI=1S/C29H34N6O2/c1-20-9-10-23-18-25(29(36)30-26(23)16-20)27(28-31-32-33-35(28)19-24-8-5-15-37-24)34-13-11-22(12-14-34)17-21-6-3-2-4-7-21/h2-4,6-7,9-10,16,18,22,24,27H,5,8,11-15,17,19H2,1H3,(H,30,36). The first-order valence-electron chi connectivity index (χ1n) is 13.4. The van der Waals surface area contributed by atoms with Crippen LogP contribution in [0.1, 0.15) is 54.2 Å². The van der Waals surface area contributed by atoms with Crippen molar-refractivity contribution in [3.63, 3.8) is 0 Å². The molecule has 192 valence electrons. The van der Waals surface area contributed by atoms with Crippen molar-refractivity contribution >= 4 is 10.9 Å². The lowest BCUT2D eigenvalue weighted by Crippen LogP contribution is -2.41. The number of hydrogen-bond donors (Lipinski definition) is 1. The molecule has 0 spiro atoms. The maximum absolute atomic E-state index is 13.5. The number of hydrogen-bond acceptors (Lipinski definition) is 6. The number of aromatic amines is 1. The van der Waals surface area contributed by atoms with Gasteiger partial charge < -0.3 is 9.72 Å². The van der Waals surface area contributed by atoms with Gasteiger partial charge in [-0.2, -0.15) is 0 Å². The lowest BCUT2D eigenvalue weighted by atomic mass is 9.89. The third-order valence-corrected chi connectivity index (χ3v) is 7.91. The molecule has 2 saturated heterocycles. The fourth-order valence-electron chi connectivity index (χ4n) is 5.92. The number of nitrogens with zero attached hydrogens (tertiary/aromatic N) is 5. The van der Waals surface area contributed by atoms with Crippen LogP contribution in [0.3, 0.4) is 0 Å². The van der Waals surface area contributed by atoms with Crippen molar-refractivity contribution in [3.8, 4) is 0 Å². The SMILES string of the molecule is Cc1ccc2cc(C(c3nnnn3CC3CCCO3)N3CCC(Cc4ccccc4)CC3)c(=O)[nH]c2c1. The first-order chi connectivity index (χ1) is 18.1. The molecule has 2 aliphatic heterocycles. The van der Waals surface area contributed by atoms with Gasteiger partial charge in [0.25, 0.3) is 5.56 Å². The predicted octanol–water partition coefficient (Wildman–Crippen LogP) is 4.05. The molecule has 2 aromatic carbocycles. The molecule has 1 N–H and O–H groups in total. The van der Waals surface area contributed by atoms with Crippen LogP contribution in [-0.2, 0) is 17.7 Å². The number of aryl methyl sites for hydroxylation is 1. The Morgan fingerprint density at radius 3 is 2.70 bits per heavy atom. The van der Waals surface area contributed by atoms with Gasteiger partial charge in [0.05, 0.1) is 12.6 Å². The van der Waals surface area contributed by atoms with E-state index >= 15 is 0 Å². The number of tetrazole rings is 1. The summed E-state index contributed by atoms with van der Waals surface area (Å²) in [5, 5.41) is 13.9. The van der Waals surface area contributed by atoms with E-state index < -0.39 is 0 Å². The number of aromatic nitrogens is 5. The Morgan fingerprint density at radius 1 is 1.08 bits per heavy atom. The van der Waals surface area contributed by atoms with E-state index in [0.29, 0.717) is 23.9 Å². The number of fused-ring (bicyclic) bond motifs is 1. The van der Waals surface area contributed by atoms with Crippen LogP contribution in [0.15, 0.2) is 59.4 Å². The molecule has 4 heterocycles. The van der Waals surface area contributed by atoms with Crippen LogP contribution in [-0.4, -0.2) is 55.9 Å². The number of likely N-dealkylation sites (tertiary alicyclic amines) is 1. The summed E-state index contributed by atoms with van der Waals surface area (Å²) in [5.41, 5.74) is 3.98. The third kappa shape index (κ3) is 5.22. The van der Waals surface area contributed by atoms with E-state index in [1.807, 2.05) is 23.7 Å². The van der Waals surface area contributed by atoms with Gasteiger partial charge in [-0.3, -0.25) is 9.69 Å². The smallest absolute Gasteiger partial charge is 0.253 e. The summed E-state index contributed by atoms with van der Waals surface area (Å²) in [6.45, 7) is 5.20. The van der Waals surface area contributed by atoms with Crippen LogP contribution in [0.25, 0.3) is 10.9 Å². The number of rotatable bonds is 7. The van der Waals surface area contributed by atoms with Gasteiger partial charge in [0.1, 0.15) is 6.04 Å². The quantitative estimate of drug-likeness (QED) is 0.414. The van der Waals surface area contributed by atoms with Crippen molar-refractivity contribution in [1.82, 2.24) is 30.1 Å². The molecule has 4 aromatic rings. The first kappa shape index (κ1) is 24.0. The maximum Gasteiger partial charge on any atom is 0.253 e. The predicted molar refractivity (Wildman–Crippen MR) is 142 cm³/mol. The van der Waals surface area contributed by atoms with Crippen LogP contribution in [0, 0.1) is 12.8 Å². The highest BCUT2D eigenvalue weighted by Gasteiger charge is 2.34. The normalized spacial score (nSPS) is 20.0. The monoisotopic (exact) mass is 498 g/mol. The number of piperidine rings is 1. The lowest BCUT2D eigenvalue weighted by molar-refractivity contribution is 0.0892. The molecule has 2 atom stereocenters. The van der Waals surface area contributed by atoms with E-state index in [4.69, 9.17) is 4.74 Å². The van der Waals surface area contributed by atoms with E-state index in [9.17, 15) is 4.79 Å². The highest BCUT2D eigenvalue weighted by molar-refractivity contribution is 5.79. The molecular formula is C29H34N6O2. The molecule has 6 rings (SSSR count). The molecule has 2 aliphatic rings. The second-order valence-corrected chi connectivity index (χ2v) is 10.6. The van der Waals surface area contributed by atoms with Crippen LogP contribution in [0.5, 0.6) is 0 Å². The molecule has 2 unspecified atom stereocenters. The maximum atomic E-state index is 13.5. The van der Waals surface area contributed by atoms with E-state index in [-0.39, 0.29) is 17.7 Å². The van der Waals surface area contributed by atoms with Crippen LogP contribution in [0.4, 0.5) is 0 Å². The van der Waals surface area contributed by atoms with Crippen LogP contribution < -0.4 is 5.56 Å². The van der Waals surface area contributed by atoms with Crippen molar-refractivity contribution in [2.75, 3.05) is 19.7 Å². The van der Waals surface area contributed by atoms with Gasteiger partial charge in [-0.25, -0.2) is 4.68 Å². The number of benzene rings is 2. The van der Waals surface area contributed by atoms with Gasteiger partial charge >= 0.3 is 0 Å². The van der Waals surface area contributed by atoms with E-state index in [2.05, 4.69) is 67.9 Å². The zero-order valence-corrected chi connectivity index (χ0v) is 21.3. The molecule has 0 aliphatic carbocycles. The van der Waals surface area contributed by atoms with Crippen molar-refractivity contribution in [3.05, 3.63) is 87.5 Å². The fraction of sp³-hybridized carbons (Fsp3) is 0.448. The Kier molecular flexibility index (Phi) is 6.85. The summed E-state index contributed by atoms with van der Waals surface area (Å²) in [4.78, 5) is 19.0. The van der Waals surface area contributed by atoms with Crippen molar-refractivity contribution < 1.29 is 4.74 Å². The largest absolute Gasteiger partial charge is 0.376 e. The highest BCUT2D eigenvalue weighted by atomic mass is 16.5. The highest BCUT2D eigenvalue weighted by Crippen LogP contribution is 2.32. The summed E-state index contributed by atoms with van der Waals surface area (Å²) in [7, 11) is 0. The number of nitrogens with one attached hydrogen (secondary N) is 1. The van der Waals surface area contributed by atoms with E-state index in [1.54, 1.807) is 0 Å². The second kappa shape index (κ2) is 10.6. The van der Waals surface area contributed by atoms with E-state index in [1.165, 1.54) is 5.56 Å². The second-order valence-electron chi connectivity index (χ2n) is 10.6. The molecule has 0 bridgehead atoms. The molecule has 37 heavy (non-hydrogen) atoms. The fourth-order valence-corrected chi connectivity index (χ4v) is 5.92. The third-order valence-electron chi connectivity index (χ3n) is 7.91. The molecule has 0 saturated carbocycles. The molecule has 2 aromatic heterocycles. The topological polar surface area (TPSA) is 88.9 Å². The summed E-state index contributed by atoms with van der Waals surface area (Å²) in [6.07, 6.45) is 5.41. The van der Waals surface area contributed by atoms with Crippen LogP contribution in [0.2, 0.25) is 0 Å². The van der Waals surface area contributed by atoms with Crippen LogP contribution >= 0.6 is 0 Å². The van der Waals surface area contributed by atoms with Crippen molar-refractivity contribution in [2.24, 2.45) is 5.92 Å². The molecule has 0 radical (unpaired) electrons. The Balaban J connectivity index is 1.32. The van der Waals surface area contributed by atoms with Gasteiger partial charge in [0.2, 0.25) is 0 Å². The molecule has 0 amide bonds. The summed E-state index contributed by atoms with van der Waals surface area (Å²) in [6, 6.07) is 18.6. The van der Waals surface area contributed by atoms with Crippen molar-refractivity contribution in [1.29, 1.82) is 0 Å². The number of pyridine rings is 1. The Labute approximate surface area is 216 Å². The minimum absolute atomic E-state index is 0.0822. The molecular weight excluding hydrogens is 464 g/mol. The zero-order valence-electron chi connectivity index (χ0n) is 21.3. The molecule has 8 nitrogen and oxygen atoms in total. The Bertz CT molecular complexity index is 1400. The minimum Gasteiger partial charge on any atom is -0.376 e. The van der Waals surface area contributed by atoms with Gasteiger partial charge in [-0.1, -0.05) is 42.5 Å². The number of ether oxygens (including phenoxy) is 1. The Hall–Kier alpha value is -3.36. The van der Waals surface area contributed by atoms with Gasteiger partial charge in [0.15, 0.2) is 5.82 Å². The Morgan fingerprint density at radius 2 is 1.92 bits per heavy atom. The minimum atomic E-state index is -0.316. The lowest BCUT2D eigenvalue weighted by Gasteiger charge is -2.37. The summed E-state index contributed by atoms with van der Waals surface area (Å²) >= 11 is 0. The van der Waals surface area contributed by atoms with Crippen molar-refractivity contribution in [2.45, 2.75) is 57.7 Å². The van der Waals surface area contributed by atoms with E-state index in [0.717, 1.165) is 68.3 Å². The first-order valence-corrected chi connectivity index (χ1v) is 13.4. The average molecular weight is 499 g/mol. The summed E-state index contributed by atoms with van der Waals surface area (Å²) in [5.74, 6) is 1.34.